The van der Waals surface area contributed by atoms with Gasteiger partial charge in [0.05, 0.1) is 17.0 Å². The van der Waals surface area contributed by atoms with Gasteiger partial charge in [-0.1, -0.05) is 30.3 Å². The third kappa shape index (κ3) is 5.31. The number of nitrogens with one attached hydrogen (secondary N) is 1. The van der Waals surface area contributed by atoms with Gasteiger partial charge in [0.2, 0.25) is 5.91 Å². The van der Waals surface area contributed by atoms with E-state index >= 15 is 0 Å². The number of anilines is 1. The molecular weight excluding hydrogens is 352 g/mol. The Balaban J connectivity index is 1.99. The van der Waals surface area contributed by atoms with Crippen LogP contribution in [0.2, 0.25) is 0 Å². The molecule has 2 aromatic carbocycles. The standard InChI is InChI=1S/C19H24N2O4S/c1-21(26(23,24)18-7-4-3-5-8-18)17-11-9-16(10-12-17)15-19(22)20-13-6-14-25-2/h3-5,7-12H,6,13-15H2,1-2H3,(H,20,22). The minimum atomic E-state index is -3.60. The number of ether oxygens (including phenoxy) is 1. The van der Waals surface area contributed by atoms with Crippen molar-refractivity contribution in [3.8, 4) is 0 Å². The molecule has 6 nitrogen and oxygen atoms in total. The topological polar surface area (TPSA) is 75.7 Å². The zero-order valence-corrected chi connectivity index (χ0v) is 15.8. The van der Waals surface area contributed by atoms with E-state index in [0.717, 1.165) is 12.0 Å². The van der Waals surface area contributed by atoms with Gasteiger partial charge in [0, 0.05) is 27.3 Å². The van der Waals surface area contributed by atoms with Crippen molar-refractivity contribution in [3.63, 3.8) is 0 Å². The van der Waals surface area contributed by atoms with Crippen LogP contribution in [0.3, 0.4) is 0 Å². The number of amides is 1. The molecule has 0 radical (unpaired) electrons. The molecule has 0 aliphatic carbocycles. The van der Waals surface area contributed by atoms with E-state index in [2.05, 4.69) is 5.32 Å². The smallest absolute Gasteiger partial charge is 0.264 e. The molecule has 7 heteroatoms. The van der Waals surface area contributed by atoms with Crippen LogP contribution in [0.25, 0.3) is 0 Å². The van der Waals surface area contributed by atoms with Crippen molar-refractivity contribution in [1.82, 2.24) is 5.32 Å². The summed E-state index contributed by atoms with van der Waals surface area (Å²) >= 11 is 0. The first-order chi connectivity index (χ1) is 12.4. The first-order valence-corrected chi connectivity index (χ1v) is 9.77. The second-order valence-electron chi connectivity index (χ2n) is 5.83. The van der Waals surface area contributed by atoms with E-state index in [1.807, 2.05) is 0 Å². The summed E-state index contributed by atoms with van der Waals surface area (Å²) in [6.45, 7) is 1.18. The van der Waals surface area contributed by atoms with Crippen LogP contribution in [0.4, 0.5) is 5.69 Å². The summed E-state index contributed by atoms with van der Waals surface area (Å²) in [7, 11) is -0.466. The molecule has 0 aliphatic heterocycles. The van der Waals surface area contributed by atoms with Gasteiger partial charge in [0.15, 0.2) is 0 Å². The minimum absolute atomic E-state index is 0.0703. The zero-order valence-electron chi connectivity index (χ0n) is 15.0. The highest BCUT2D eigenvalue weighted by Gasteiger charge is 2.20. The molecule has 0 fully saturated rings. The maximum absolute atomic E-state index is 12.6. The summed E-state index contributed by atoms with van der Waals surface area (Å²) in [6, 6.07) is 15.2. The fourth-order valence-electron chi connectivity index (χ4n) is 2.41. The van der Waals surface area contributed by atoms with Crippen molar-refractivity contribution < 1.29 is 17.9 Å². The normalized spacial score (nSPS) is 11.2. The fourth-order valence-corrected chi connectivity index (χ4v) is 3.62. The molecule has 0 atom stereocenters. The molecule has 1 amide bonds. The van der Waals surface area contributed by atoms with Crippen LogP contribution in [0.1, 0.15) is 12.0 Å². The van der Waals surface area contributed by atoms with E-state index in [9.17, 15) is 13.2 Å². The maximum Gasteiger partial charge on any atom is 0.264 e. The maximum atomic E-state index is 12.6. The molecule has 0 spiro atoms. The molecule has 0 bridgehead atoms. The molecule has 0 unspecified atom stereocenters. The van der Waals surface area contributed by atoms with E-state index in [1.54, 1.807) is 61.7 Å². The second kappa shape index (κ2) is 9.35. The van der Waals surface area contributed by atoms with Crippen LogP contribution in [-0.4, -0.2) is 41.6 Å². The number of nitrogens with zero attached hydrogens (tertiary/aromatic N) is 1. The van der Waals surface area contributed by atoms with Gasteiger partial charge in [0.25, 0.3) is 10.0 Å². The van der Waals surface area contributed by atoms with Crippen molar-refractivity contribution in [2.75, 3.05) is 31.6 Å². The molecule has 1 N–H and O–H groups in total. The first-order valence-electron chi connectivity index (χ1n) is 8.33. The van der Waals surface area contributed by atoms with Crippen LogP contribution in [0.15, 0.2) is 59.5 Å². The Kier molecular flexibility index (Phi) is 7.17. The number of methoxy groups -OCH3 is 1. The van der Waals surface area contributed by atoms with Crippen LogP contribution >= 0.6 is 0 Å². The van der Waals surface area contributed by atoms with Gasteiger partial charge in [-0.05, 0) is 36.2 Å². The molecule has 0 heterocycles. The van der Waals surface area contributed by atoms with Crippen molar-refractivity contribution in [1.29, 1.82) is 0 Å². The number of carbonyl (C=O) groups is 1. The largest absolute Gasteiger partial charge is 0.385 e. The molecule has 0 saturated heterocycles. The monoisotopic (exact) mass is 376 g/mol. The first kappa shape index (κ1) is 19.9. The third-order valence-corrected chi connectivity index (χ3v) is 5.71. The molecule has 2 rings (SSSR count). The van der Waals surface area contributed by atoms with E-state index in [0.29, 0.717) is 18.8 Å². The fraction of sp³-hybridized carbons (Fsp3) is 0.316. The average molecular weight is 376 g/mol. The van der Waals surface area contributed by atoms with Crippen LogP contribution < -0.4 is 9.62 Å². The SMILES string of the molecule is COCCCNC(=O)Cc1ccc(N(C)S(=O)(=O)c2ccccc2)cc1. The number of rotatable bonds is 9. The predicted molar refractivity (Wildman–Crippen MR) is 102 cm³/mol. The van der Waals surface area contributed by atoms with Crippen LogP contribution in [-0.2, 0) is 26.0 Å². The van der Waals surface area contributed by atoms with Crippen molar-refractivity contribution in [3.05, 3.63) is 60.2 Å². The van der Waals surface area contributed by atoms with Gasteiger partial charge < -0.3 is 10.1 Å². The number of sulfonamides is 1. The summed E-state index contributed by atoms with van der Waals surface area (Å²) in [4.78, 5) is 12.1. The van der Waals surface area contributed by atoms with E-state index in [4.69, 9.17) is 4.74 Å². The van der Waals surface area contributed by atoms with Gasteiger partial charge in [-0.2, -0.15) is 0 Å². The van der Waals surface area contributed by atoms with Gasteiger partial charge in [-0.25, -0.2) is 8.42 Å². The highest BCUT2D eigenvalue weighted by atomic mass is 32.2. The van der Waals surface area contributed by atoms with Crippen molar-refractivity contribution in [2.45, 2.75) is 17.7 Å². The van der Waals surface area contributed by atoms with E-state index < -0.39 is 10.0 Å². The van der Waals surface area contributed by atoms with E-state index in [-0.39, 0.29) is 17.2 Å². The number of hydrogen-bond acceptors (Lipinski definition) is 4. The molecule has 0 aliphatic rings. The lowest BCUT2D eigenvalue weighted by atomic mass is 10.1. The summed E-state index contributed by atoms with van der Waals surface area (Å²) in [5.41, 5.74) is 1.36. The Morgan fingerprint density at radius 3 is 2.35 bits per heavy atom. The number of hydrogen-bond donors (Lipinski definition) is 1. The summed E-state index contributed by atoms with van der Waals surface area (Å²) in [5.74, 6) is -0.0703. The predicted octanol–water partition coefficient (Wildman–Crippen LogP) is 2.21. The van der Waals surface area contributed by atoms with Gasteiger partial charge in [0.1, 0.15) is 0 Å². The Hall–Kier alpha value is -2.38. The summed E-state index contributed by atoms with van der Waals surface area (Å²) in [5, 5.41) is 2.82. The third-order valence-electron chi connectivity index (χ3n) is 3.91. The molecule has 26 heavy (non-hydrogen) atoms. The Morgan fingerprint density at radius 1 is 1.08 bits per heavy atom. The quantitative estimate of drug-likeness (QED) is 0.681. The number of carbonyl (C=O) groups excluding carboxylic acids is 1. The molecule has 140 valence electrons. The molecule has 2 aromatic rings. The highest BCUT2D eigenvalue weighted by Crippen LogP contribution is 2.22. The lowest BCUT2D eigenvalue weighted by Crippen LogP contribution is -2.27. The van der Waals surface area contributed by atoms with Crippen LogP contribution in [0.5, 0.6) is 0 Å². The second-order valence-corrected chi connectivity index (χ2v) is 7.79. The Labute approximate surface area is 154 Å². The Bertz CT molecular complexity index is 805. The van der Waals surface area contributed by atoms with Crippen molar-refractivity contribution in [2.24, 2.45) is 0 Å². The van der Waals surface area contributed by atoms with Crippen molar-refractivity contribution >= 4 is 21.6 Å². The molecule has 0 saturated carbocycles. The zero-order chi connectivity index (χ0) is 19.0. The van der Waals surface area contributed by atoms with E-state index in [1.165, 1.54) is 11.4 Å². The molecule has 0 aromatic heterocycles. The van der Waals surface area contributed by atoms with Gasteiger partial charge in [-0.15, -0.1) is 0 Å². The molecular formula is C19H24N2O4S. The highest BCUT2D eigenvalue weighted by molar-refractivity contribution is 7.92. The summed E-state index contributed by atoms with van der Waals surface area (Å²) < 4.78 is 31.4. The Morgan fingerprint density at radius 2 is 1.73 bits per heavy atom. The van der Waals surface area contributed by atoms with Gasteiger partial charge >= 0.3 is 0 Å². The van der Waals surface area contributed by atoms with Crippen LogP contribution in [0, 0.1) is 0 Å². The number of benzene rings is 2. The summed E-state index contributed by atoms with van der Waals surface area (Å²) in [6.07, 6.45) is 1.02. The average Bonchev–Trinajstić information content (AvgIpc) is 2.66. The van der Waals surface area contributed by atoms with Gasteiger partial charge in [-0.3, -0.25) is 9.10 Å². The lowest BCUT2D eigenvalue weighted by Gasteiger charge is -2.19. The minimum Gasteiger partial charge on any atom is -0.385 e. The lowest BCUT2D eigenvalue weighted by molar-refractivity contribution is -0.120.